The van der Waals surface area contributed by atoms with Gasteiger partial charge in [0.2, 0.25) is 5.91 Å². The summed E-state index contributed by atoms with van der Waals surface area (Å²) in [5, 5.41) is 3.10. The summed E-state index contributed by atoms with van der Waals surface area (Å²) >= 11 is 0. The number of unbranched alkanes of at least 4 members (excludes halogenated alkanes) is 12. The largest absolute Gasteiger partial charge is 0.341 e. The van der Waals surface area contributed by atoms with E-state index in [0.717, 1.165) is 12.8 Å². The highest BCUT2D eigenvalue weighted by atomic mass is 79.9. The van der Waals surface area contributed by atoms with Crippen molar-refractivity contribution in [3.8, 4) is 0 Å². The molecule has 0 radical (unpaired) electrons. The number of rotatable bonds is 17. The second kappa shape index (κ2) is 20.2. The van der Waals surface area contributed by atoms with Gasteiger partial charge in [0.15, 0.2) is 0 Å². The molecule has 1 amide bonds. The number of carbonyl (C=O) groups is 1. The van der Waals surface area contributed by atoms with Crippen molar-refractivity contribution in [1.29, 1.82) is 0 Å². The molecule has 4 heteroatoms. The Balaban J connectivity index is 0. The highest BCUT2D eigenvalue weighted by Gasteiger charge is 2.11. The van der Waals surface area contributed by atoms with Crippen LogP contribution in [-0.4, -0.2) is 31.1 Å². The number of halogens is 1. The van der Waals surface area contributed by atoms with Gasteiger partial charge >= 0.3 is 0 Å². The van der Waals surface area contributed by atoms with Crippen molar-refractivity contribution >= 4 is 22.9 Å². The molecule has 1 unspecified atom stereocenters. The van der Waals surface area contributed by atoms with E-state index in [-0.39, 0.29) is 29.1 Å². The van der Waals surface area contributed by atoms with Gasteiger partial charge in [-0.2, -0.15) is 0 Å². The van der Waals surface area contributed by atoms with Crippen molar-refractivity contribution in [2.45, 2.75) is 116 Å². The molecule has 0 saturated heterocycles. The van der Waals surface area contributed by atoms with E-state index in [1.165, 1.54) is 77.0 Å². The van der Waals surface area contributed by atoms with Gasteiger partial charge in [-0.25, -0.2) is 0 Å². The summed E-state index contributed by atoms with van der Waals surface area (Å²) in [6.07, 6.45) is 19.3. The number of hydrogen-bond donors (Lipinski definition) is 1. The minimum atomic E-state index is 0. The van der Waals surface area contributed by atoms with Crippen LogP contribution in [0.25, 0.3) is 0 Å². The lowest BCUT2D eigenvalue weighted by Gasteiger charge is -2.23. The molecule has 0 aromatic rings. The Labute approximate surface area is 168 Å². The molecule has 0 aliphatic carbocycles. The monoisotopic (exact) mass is 420 g/mol. The molecule has 0 bridgehead atoms. The Kier molecular flexibility index (Phi) is 21.9. The minimum Gasteiger partial charge on any atom is -0.341 e. The van der Waals surface area contributed by atoms with E-state index in [4.69, 9.17) is 0 Å². The van der Waals surface area contributed by atoms with Gasteiger partial charge in [-0.1, -0.05) is 90.9 Å². The van der Waals surface area contributed by atoms with Crippen molar-refractivity contribution in [2.24, 2.45) is 0 Å². The van der Waals surface area contributed by atoms with Crippen LogP contribution >= 0.6 is 17.0 Å². The molecule has 152 valence electrons. The maximum absolute atomic E-state index is 11.9. The number of amides is 1. The zero-order valence-corrected chi connectivity index (χ0v) is 19.2. The molecule has 0 aromatic carbocycles. The van der Waals surface area contributed by atoms with E-state index in [1.807, 2.05) is 14.1 Å². The predicted molar refractivity (Wildman–Crippen MR) is 117 cm³/mol. The summed E-state index contributed by atoms with van der Waals surface area (Å²) in [6, 6.07) is 0. The summed E-state index contributed by atoms with van der Waals surface area (Å²) in [7, 11) is 4.03. The zero-order chi connectivity index (χ0) is 18.0. The van der Waals surface area contributed by atoms with Crippen molar-refractivity contribution in [3.63, 3.8) is 0 Å². The molecule has 0 saturated carbocycles. The predicted octanol–water partition coefficient (Wildman–Crippen LogP) is 6.46. The van der Waals surface area contributed by atoms with E-state index in [1.54, 1.807) is 0 Å². The van der Waals surface area contributed by atoms with Crippen LogP contribution in [0.1, 0.15) is 110 Å². The second-order valence-corrected chi connectivity index (χ2v) is 7.45. The van der Waals surface area contributed by atoms with Crippen LogP contribution in [0.4, 0.5) is 0 Å². The molecular formula is C21H45BrN2O. The molecule has 1 atom stereocenters. The normalized spacial score (nSPS) is 12.0. The third-order valence-corrected chi connectivity index (χ3v) is 4.85. The average Bonchev–Trinajstić information content (AvgIpc) is 2.56. The molecule has 0 rings (SSSR count). The second-order valence-electron chi connectivity index (χ2n) is 7.45. The lowest BCUT2D eigenvalue weighted by Crippen LogP contribution is -2.44. The summed E-state index contributed by atoms with van der Waals surface area (Å²) in [6.45, 7) is 4.38. The van der Waals surface area contributed by atoms with Gasteiger partial charge in [0.1, 0.15) is 0 Å². The van der Waals surface area contributed by atoms with Gasteiger partial charge in [-0.05, 0) is 26.9 Å². The van der Waals surface area contributed by atoms with Gasteiger partial charge < -0.3 is 5.32 Å². The van der Waals surface area contributed by atoms with Crippen LogP contribution in [0.3, 0.4) is 0 Å². The van der Waals surface area contributed by atoms with E-state index in [2.05, 4.69) is 24.1 Å². The molecule has 0 fully saturated rings. The molecule has 0 aromatic heterocycles. The highest BCUT2D eigenvalue weighted by Crippen LogP contribution is 2.13. The Morgan fingerprint density at radius 2 is 1.16 bits per heavy atom. The molecular weight excluding hydrogens is 376 g/mol. The van der Waals surface area contributed by atoms with Crippen molar-refractivity contribution in [1.82, 2.24) is 10.2 Å². The van der Waals surface area contributed by atoms with E-state index < -0.39 is 0 Å². The smallest absolute Gasteiger partial charge is 0.221 e. The number of carbonyl (C=O) groups excluding carboxylic acids is 1. The lowest BCUT2D eigenvalue weighted by molar-refractivity contribution is -0.123. The first-order valence-corrected chi connectivity index (χ1v) is 10.6. The maximum Gasteiger partial charge on any atom is 0.221 e. The molecule has 25 heavy (non-hydrogen) atoms. The minimum absolute atomic E-state index is 0. The topological polar surface area (TPSA) is 32.3 Å². The SMILES string of the molecule is Br.CCCCCCCCCCCCCCCC(=O)NC(CC)N(C)C. The molecule has 0 spiro atoms. The molecule has 1 N–H and O–H groups in total. The van der Waals surface area contributed by atoms with E-state index >= 15 is 0 Å². The van der Waals surface area contributed by atoms with Crippen LogP contribution < -0.4 is 5.32 Å². The maximum atomic E-state index is 11.9. The van der Waals surface area contributed by atoms with Gasteiger partial charge in [-0.15, -0.1) is 17.0 Å². The van der Waals surface area contributed by atoms with E-state index in [9.17, 15) is 4.79 Å². The van der Waals surface area contributed by atoms with Crippen LogP contribution in [0.5, 0.6) is 0 Å². The van der Waals surface area contributed by atoms with Gasteiger partial charge in [-0.3, -0.25) is 9.69 Å². The third kappa shape index (κ3) is 18.5. The number of nitrogens with zero attached hydrogens (tertiary/aromatic N) is 1. The van der Waals surface area contributed by atoms with Crippen LogP contribution in [0.15, 0.2) is 0 Å². The third-order valence-electron chi connectivity index (χ3n) is 4.85. The van der Waals surface area contributed by atoms with Crippen molar-refractivity contribution < 1.29 is 4.79 Å². The van der Waals surface area contributed by atoms with Crippen molar-refractivity contribution in [3.05, 3.63) is 0 Å². The van der Waals surface area contributed by atoms with Crippen molar-refractivity contribution in [2.75, 3.05) is 14.1 Å². The summed E-state index contributed by atoms with van der Waals surface area (Å²) < 4.78 is 0. The lowest BCUT2D eigenvalue weighted by atomic mass is 10.0. The average molecular weight is 422 g/mol. The van der Waals surface area contributed by atoms with Gasteiger partial charge in [0, 0.05) is 6.42 Å². The first kappa shape index (κ1) is 27.1. The van der Waals surface area contributed by atoms with Crippen LogP contribution in [-0.2, 0) is 4.79 Å². The van der Waals surface area contributed by atoms with Crippen LogP contribution in [0, 0.1) is 0 Å². The standard InChI is InChI=1S/C21H44N2O.BrH/c1-5-7-8-9-10-11-12-13-14-15-16-17-18-19-21(24)22-20(6-2)23(3)4;/h20H,5-19H2,1-4H3,(H,22,24);1H. The molecule has 0 aliphatic rings. The van der Waals surface area contributed by atoms with Crippen LogP contribution in [0.2, 0.25) is 0 Å². The first-order valence-electron chi connectivity index (χ1n) is 10.6. The van der Waals surface area contributed by atoms with Gasteiger partial charge in [0.05, 0.1) is 6.17 Å². The molecule has 3 nitrogen and oxygen atoms in total. The quantitative estimate of drug-likeness (QED) is 0.216. The summed E-state index contributed by atoms with van der Waals surface area (Å²) in [5.74, 6) is 0.207. The number of hydrogen-bond acceptors (Lipinski definition) is 2. The van der Waals surface area contributed by atoms with Gasteiger partial charge in [0.25, 0.3) is 0 Å². The Morgan fingerprint density at radius 1 is 0.760 bits per heavy atom. The zero-order valence-electron chi connectivity index (χ0n) is 17.4. The summed E-state index contributed by atoms with van der Waals surface area (Å²) in [5.41, 5.74) is 0. The first-order chi connectivity index (χ1) is 11.6. The number of nitrogens with one attached hydrogen (secondary N) is 1. The fourth-order valence-corrected chi connectivity index (χ4v) is 3.16. The fraction of sp³-hybridized carbons (Fsp3) is 0.952. The Bertz CT molecular complexity index is 285. The Hall–Kier alpha value is -0.0900. The Morgan fingerprint density at radius 3 is 1.52 bits per heavy atom. The molecule has 0 aliphatic heterocycles. The fourth-order valence-electron chi connectivity index (χ4n) is 3.16. The van der Waals surface area contributed by atoms with E-state index in [0.29, 0.717) is 6.42 Å². The summed E-state index contributed by atoms with van der Waals surface area (Å²) in [4.78, 5) is 14.0. The molecule has 0 heterocycles. The highest BCUT2D eigenvalue weighted by molar-refractivity contribution is 8.93.